The first-order valence-electron chi connectivity index (χ1n) is 15.0. The second-order valence-corrected chi connectivity index (χ2v) is 12.2. The fourth-order valence-electron chi connectivity index (χ4n) is 6.01. The van der Waals surface area contributed by atoms with Crippen molar-refractivity contribution in [1.29, 1.82) is 0 Å². The highest BCUT2D eigenvalue weighted by molar-refractivity contribution is 5.98. The Hall–Kier alpha value is -4.54. The maximum atomic E-state index is 13.6. The molecule has 4 heterocycles. The first-order chi connectivity index (χ1) is 21.0. The smallest absolute Gasteiger partial charge is 0.254 e. The molecule has 0 aliphatic carbocycles. The molecule has 1 aliphatic rings. The summed E-state index contributed by atoms with van der Waals surface area (Å²) in [6.07, 6.45) is 5.40. The van der Waals surface area contributed by atoms with Crippen LogP contribution in [0.3, 0.4) is 0 Å². The normalized spacial score (nSPS) is 15.3. The van der Waals surface area contributed by atoms with E-state index in [4.69, 9.17) is 10.1 Å². The van der Waals surface area contributed by atoms with Gasteiger partial charge in [0, 0.05) is 55.3 Å². The topological polar surface area (TPSA) is 121 Å². The molecule has 1 atom stereocenters. The van der Waals surface area contributed by atoms with Crippen molar-refractivity contribution in [1.82, 2.24) is 29.0 Å². The van der Waals surface area contributed by atoms with E-state index in [0.717, 1.165) is 52.2 Å². The Labute approximate surface area is 257 Å². The van der Waals surface area contributed by atoms with Crippen molar-refractivity contribution in [2.75, 3.05) is 18.5 Å². The van der Waals surface area contributed by atoms with Crippen LogP contribution < -0.4 is 5.32 Å². The van der Waals surface area contributed by atoms with Gasteiger partial charge >= 0.3 is 0 Å². The molecular weight excluding hydrogens is 554 g/mol. The van der Waals surface area contributed by atoms with Crippen LogP contribution in [0.5, 0.6) is 0 Å². The Morgan fingerprint density at radius 3 is 2.66 bits per heavy atom. The van der Waals surface area contributed by atoms with Crippen molar-refractivity contribution < 1.29 is 15.0 Å². The van der Waals surface area contributed by atoms with Crippen molar-refractivity contribution >= 4 is 17.4 Å². The van der Waals surface area contributed by atoms with Gasteiger partial charge < -0.3 is 25.0 Å². The van der Waals surface area contributed by atoms with E-state index < -0.39 is 5.60 Å². The number of aromatic nitrogens is 5. The molecule has 0 radical (unpaired) electrons. The van der Waals surface area contributed by atoms with Gasteiger partial charge in [-0.3, -0.25) is 4.79 Å². The molecule has 1 fully saturated rings. The number of amides is 1. The number of aliphatic hydroxyl groups is 2. The summed E-state index contributed by atoms with van der Waals surface area (Å²) >= 11 is 0. The average molecular weight is 594 g/mol. The zero-order chi connectivity index (χ0) is 31.2. The molecule has 1 saturated heterocycles. The van der Waals surface area contributed by atoms with E-state index in [-0.39, 0.29) is 18.6 Å². The van der Waals surface area contributed by atoms with Crippen LogP contribution in [-0.2, 0) is 19.2 Å². The Kier molecular flexibility index (Phi) is 7.73. The first-order valence-corrected chi connectivity index (χ1v) is 15.0. The van der Waals surface area contributed by atoms with Crippen molar-refractivity contribution in [2.45, 2.75) is 58.7 Å². The molecule has 10 heteroatoms. The molecule has 3 N–H and O–H groups in total. The van der Waals surface area contributed by atoms with Crippen LogP contribution in [0, 0.1) is 13.8 Å². The predicted octanol–water partition coefficient (Wildman–Crippen LogP) is 4.85. The number of carbonyl (C=O) groups excluding carboxylic acids is 1. The summed E-state index contributed by atoms with van der Waals surface area (Å²) in [5.74, 6) is 1.51. The third-order valence-electron chi connectivity index (χ3n) is 8.48. The van der Waals surface area contributed by atoms with Crippen LogP contribution in [0.4, 0.5) is 5.82 Å². The molecule has 0 spiro atoms. The van der Waals surface area contributed by atoms with E-state index in [1.54, 1.807) is 29.5 Å². The largest absolute Gasteiger partial charge is 0.394 e. The minimum atomic E-state index is -1.20. The quantitative estimate of drug-likeness (QED) is 0.235. The van der Waals surface area contributed by atoms with Crippen molar-refractivity contribution in [3.05, 3.63) is 89.0 Å². The maximum absolute atomic E-state index is 13.6. The number of likely N-dealkylation sites (tertiary alicyclic amines) is 1. The number of hydrogen-bond donors (Lipinski definition) is 3. The summed E-state index contributed by atoms with van der Waals surface area (Å²) < 4.78 is 3.76. The Morgan fingerprint density at radius 2 is 1.93 bits per heavy atom. The minimum absolute atomic E-state index is 0.0373. The monoisotopic (exact) mass is 593 g/mol. The summed E-state index contributed by atoms with van der Waals surface area (Å²) in [6.45, 7) is 8.40. The van der Waals surface area contributed by atoms with Crippen LogP contribution in [-0.4, -0.2) is 64.4 Å². The van der Waals surface area contributed by atoms with Gasteiger partial charge in [0.05, 0.1) is 24.0 Å². The lowest BCUT2D eigenvalue weighted by Gasteiger charge is -2.24. The van der Waals surface area contributed by atoms with Crippen LogP contribution in [0.2, 0.25) is 0 Å². The molecule has 1 unspecified atom stereocenters. The Balaban J connectivity index is 1.39. The number of benzene rings is 2. The summed E-state index contributed by atoms with van der Waals surface area (Å²) in [6, 6.07) is 15.7. The van der Waals surface area contributed by atoms with Crippen LogP contribution in [0.25, 0.3) is 28.2 Å². The van der Waals surface area contributed by atoms with Crippen LogP contribution in [0.15, 0.2) is 60.9 Å². The number of imidazole rings is 1. The molecular formula is C34H39N7O3. The summed E-state index contributed by atoms with van der Waals surface area (Å²) in [4.78, 5) is 24.8. The number of anilines is 1. The maximum Gasteiger partial charge on any atom is 0.254 e. The van der Waals surface area contributed by atoms with Gasteiger partial charge in [-0.05, 0) is 69.4 Å². The fourth-order valence-corrected chi connectivity index (χ4v) is 6.01. The van der Waals surface area contributed by atoms with E-state index >= 15 is 0 Å². The van der Waals surface area contributed by atoms with Gasteiger partial charge in [0.25, 0.3) is 5.91 Å². The standard InChI is InChI=1S/C34H39N7O3/c1-21-11-12-24(17-27(21)33(43)40-14-7-10-26(40)20-42)30-22(2)38-41-29(18-28(34(3,4)44)37-32(30)41)36-19-23-8-6-9-25(16-23)31-35-13-15-39(31)5/h6,8-9,11-13,15-18,26,36,42,44H,7,10,14,19-20H2,1-5H3. The number of nitrogens with one attached hydrogen (secondary N) is 1. The molecule has 1 aliphatic heterocycles. The zero-order valence-electron chi connectivity index (χ0n) is 25.9. The van der Waals surface area contributed by atoms with Crippen molar-refractivity contribution in [3.8, 4) is 22.5 Å². The van der Waals surface area contributed by atoms with Gasteiger partial charge in [0.1, 0.15) is 17.2 Å². The molecule has 0 bridgehead atoms. The van der Waals surface area contributed by atoms with E-state index in [9.17, 15) is 15.0 Å². The minimum Gasteiger partial charge on any atom is -0.394 e. The molecule has 6 rings (SSSR count). The summed E-state index contributed by atoms with van der Waals surface area (Å²) in [5.41, 5.74) is 5.82. The van der Waals surface area contributed by atoms with E-state index in [1.165, 1.54) is 0 Å². The zero-order valence-corrected chi connectivity index (χ0v) is 25.9. The molecule has 44 heavy (non-hydrogen) atoms. The lowest BCUT2D eigenvalue weighted by molar-refractivity contribution is 0.0676. The number of hydrogen-bond acceptors (Lipinski definition) is 7. The third kappa shape index (κ3) is 5.46. The van der Waals surface area contributed by atoms with E-state index in [1.807, 2.05) is 68.1 Å². The summed E-state index contributed by atoms with van der Waals surface area (Å²) in [5, 5.41) is 29.2. The summed E-state index contributed by atoms with van der Waals surface area (Å²) in [7, 11) is 1.97. The van der Waals surface area contributed by atoms with Gasteiger partial charge in [-0.15, -0.1) is 0 Å². The number of aliphatic hydroxyl groups excluding tert-OH is 1. The van der Waals surface area contributed by atoms with Crippen LogP contribution in [0.1, 0.15) is 59.6 Å². The van der Waals surface area contributed by atoms with Gasteiger partial charge in [0.2, 0.25) is 0 Å². The first kappa shape index (κ1) is 29.5. The molecule has 0 saturated carbocycles. The number of nitrogens with zero attached hydrogens (tertiary/aromatic N) is 6. The lowest BCUT2D eigenvalue weighted by atomic mass is 9.98. The number of aryl methyl sites for hydroxylation is 3. The lowest BCUT2D eigenvalue weighted by Crippen LogP contribution is -2.37. The van der Waals surface area contributed by atoms with Gasteiger partial charge in [0.15, 0.2) is 5.65 Å². The highest BCUT2D eigenvalue weighted by atomic mass is 16.3. The number of fused-ring (bicyclic) bond motifs is 1. The molecule has 5 aromatic rings. The third-order valence-corrected chi connectivity index (χ3v) is 8.48. The molecule has 3 aromatic heterocycles. The second-order valence-electron chi connectivity index (χ2n) is 12.2. The molecule has 1 amide bonds. The van der Waals surface area contributed by atoms with Crippen LogP contribution >= 0.6 is 0 Å². The van der Waals surface area contributed by atoms with E-state index in [2.05, 4.69) is 22.4 Å². The molecule has 228 valence electrons. The van der Waals surface area contributed by atoms with Gasteiger partial charge in [-0.2, -0.15) is 9.61 Å². The van der Waals surface area contributed by atoms with Crippen molar-refractivity contribution in [3.63, 3.8) is 0 Å². The SMILES string of the molecule is Cc1ccc(-c2c(C)nn3c(NCc4cccc(-c5nccn5C)c4)cc(C(C)(C)O)nc23)cc1C(=O)N1CCCC1CO. The average Bonchev–Trinajstić information content (AvgIpc) is 3.73. The number of rotatable bonds is 8. The van der Waals surface area contributed by atoms with Gasteiger partial charge in [-0.1, -0.05) is 30.3 Å². The molecule has 2 aromatic carbocycles. The highest BCUT2D eigenvalue weighted by Crippen LogP contribution is 2.33. The fraction of sp³-hybridized carbons (Fsp3) is 0.353. The Bertz CT molecular complexity index is 1850. The van der Waals surface area contributed by atoms with E-state index in [0.29, 0.717) is 35.8 Å². The van der Waals surface area contributed by atoms with Crippen molar-refractivity contribution in [2.24, 2.45) is 7.05 Å². The number of carbonyl (C=O) groups is 1. The predicted molar refractivity (Wildman–Crippen MR) is 170 cm³/mol. The molecule has 10 nitrogen and oxygen atoms in total. The second kappa shape index (κ2) is 11.5. The Morgan fingerprint density at radius 1 is 1.11 bits per heavy atom. The van der Waals surface area contributed by atoms with Gasteiger partial charge in [-0.25, -0.2) is 9.97 Å². The highest BCUT2D eigenvalue weighted by Gasteiger charge is 2.30.